The van der Waals surface area contributed by atoms with E-state index in [4.69, 9.17) is 0 Å². The van der Waals surface area contributed by atoms with Crippen molar-refractivity contribution in [3.05, 3.63) is 29.6 Å². The van der Waals surface area contributed by atoms with Gasteiger partial charge >= 0.3 is 0 Å². The van der Waals surface area contributed by atoms with Crippen LogP contribution in [0.1, 0.15) is 48.2 Å². The molecule has 1 aromatic heterocycles. The second kappa shape index (κ2) is 4.56. The second-order valence-corrected chi connectivity index (χ2v) is 4.34. The Labute approximate surface area is 90.7 Å². The molecule has 2 heteroatoms. The lowest BCUT2D eigenvalue weighted by atomic mass is 9.83. The SMILES string of the molecule is Cc1ncccc1C(=O)C1CCCCC1. The summed E-state index contributed by atoms with van der Waals surface area (Å²) in [7, 11) is 0. The summed E-state index contributed by atoms with van der Waals surface area (Å²) >= 11 is 0. The fraction of sp³-hybridized carbons (Fsp3) is 0.538. The molecule has 0 radical (unpaired) electrons. The van der Waals surface area contributed by atoms with Gasteiger partial charge in [0.2, 0.25) is 0 Å². The molecule has 0 unspecified atom stereocenters. The maximum Gasteiger partial charge on any atom is 0.167 e. The van der Waals surface area contributed by atoms with Crippen LogP contribution in [-0.2, 0) is 0 Å². The Hall–Kier alpha value is -1.18. The van der Waals surface area contributed by atoms with Gasteiger partial charge in [-0.05, 0) is 31.9 Å². The summed E-state index contributed by atoms with van der Waals surface area (Å²) in [6, 6.07) is 3.75. The number of pyridine rings is 1. The first-order chi connectivity index (χ1) is 7.29. The van der Waals surface area contributed by atoms with Crippen molar-refractivity contribution in [2.45, 2.75) is 39.0 Å². The number of Topliss-reactive ketones (excluding diaryl/α,β-unsaturated/α-hetero) is 1. The summed E-state index contributed by atoms with van der Waals surface area (Å²) in [4.78, 5) is 16.4. The van der Waals surface area contributed by atoms with Gasteiger partial charge in [-0.3, -0.25) is 9.78 Å². The van der Waals surface area contributed by atoms with E-state index in [9.17, 15) is 4.79 Å². The van der Waals surface area contributed by atoms with Gasteiger partial charge in [-0.25, -0.2) is 0 Å². The van der Waals surface area contributed by atoms with Crippen LogP contribution in [0.4, 0.5) is 0 Å². The fourth-order valence-electron chi connectivity index (χ4n) is 2.33. The monoisotopic (exact) mass is 203 g/mol. The molecule has 0 amide bonds. The minimum absolute atomic E-state index is 0.252. The lowest BCUT2D eigenvalue weighted by Crippen LogP contribution is -2.19. The van der Waals surface area contributed by atoms with Gasteiger partial charge in [-0.1, -0.05) is 19.3 Å². The standard InChI is InChI=1S/C13H17NO/c1-10-12(8-5-9-14-10)13(15)11-6-3-2-4-7-11/h5,8-9,11H,2-4,6-7H2,1H3. The molecular weight excluding hydrogens is 186 g/mol. The third-order valence-electron chi connectivity index (χ3n) is 3.25. The quantitative estimate of drug-likeness (QED) is 0.691. The molecule has 0 aliphatic heterocycles. The van der Waals surface area contributed by atoms with E-state index in [-0.39, 0.29) is 5.92 Å². The van der Waals surface area contributed by atoms with Crippen LogP contribution >= 0.6 is 0 Å². The number of aryl methyl sites for hydroxylation is 1. The number of carbonyl (C=O) groups is 1. The van der Waals surface area contributed by atoms with Crippen LogP contribution in [0.2, 0.25) is 0 Å². The summed E-state index contributed by atoms with van der Waals surface area (Å²) in [5.74, 6) is 0.557. The van der Waals surface area contributed by atoms with Gasteiger partial charge in [0.05, 0.1) is 0 Å². The second-order valence-electron chi connectivity index (χ2n) is 4.34. The number of hydrogen-bond donors (Lipinski definition) is 0. The zero-order valence-corrected chi connectivity index (χ0v) is 9.20. The number of hydrogen-bond acceptors (Lipinski definition) is 2. The Bertz CT molecular complexity index is 353. The molecule has 1 saturated carbocycles. The highest BCUT2D eigenvalue weighted by Crippen LogP contribution is 2.27. The molecule has 1 heterocycles. The summed E-state index contributed by atoms with van der Waals surface area (Å²) in [5, 5.41) is 0. The van der Waals surface area contributed by atoms with Gasteiger partial charge in [-0.15, -0.1) is 0 Å². The number of ketones is 1. The predicted molar refractivity (Wildman–Crippen MR) is 59.9 cm³/mol. The largest absolute Gasteiger partial charge is 0.294 e. The Morgan fingerprint density at radius 3 is 2.73 bits per heavy atom. The summed E-state index contributed by atoms with van der Waals surface area (Å²) in [5.41, 5.74) is 1.69. The fourth-order valence-corrected chi connectivity index (χ4v) is 2.33. The first kappa shape index (κ1) is 10.3. The van der Waals surface area contributed by atoms with Gasteiger partial charge in [-0.2, -0.15) is 0 Å². The molecule has 1 aliphatic rings. The van der Waals surface area contributed by atoms with Crippen LogP contribution in [0.15, 0.2) is 18.3 Å². The minimum atomic E-state index is 0.252. The van der Waals surface area contributed by atoms with E-state index in [1.807, 2.05) is 19.1 Å². The van der Waals surface area contributed by atoms with Crippen LogP contribution in [0.25, 0.3) is 0 Å². The number of rotatable bonds is 2. The van der Waals surface area contributed by atoms with Crippen LogP contribution < -0.4 is 0 Å². The van der Waals surface area contributed by atoms with Crippen LogP contribution in [0.3, 0.4) is 0 Å². The van der Waals surface area contributed by atoms with E-state index in [1.165, 1.54) is 19.3 Å². The van der Waals surface area contributed by atoms with E-state index in [2.05, 4.69) is 4.98 Å². The zero-order valence-electron chi connectivity index (χ0n) is 9.20. The molecule has 2 nitrogen and oxygen atoms in total. The highest BCUT2D eigenvalue weighted by Gasteiger charge is 2.23. The lowest BCUT2D eigenvalue weighted by molar-refractivity contribution is 0.0888. The highest BCUT2D eigenvalue weighted by molar-refractivity contribution is 5.98. The van der Waals surface area contributed by atoms with Crippen molar-refractivity contribution in [2.24, 2.45) is 5.92 Å². The van der Waals surface area contributed by atoms with Crippen molar-refractivity contribution in [2.75, 3.05) is 0 Å². The topological polar surface area (TPSA) is 30.0 Å². The van der Waals surface area contributed by atoms with Crippen molar-refractivity contribution in [3.8, 4) is 0 Å². The maximum atomic E-state index is 12.2. The minimum Gasteiger partial charge on any atom is -0.294 e. The summed E-state index contributed by atoms with van der Waals surface area (Å²) < 4.78 is 0. The number of aromatic nitrogens is 1. The molecule has 1 fully saturated rings. The summed E-state index contributed by atoms with van der Waals surface area (Å²) in [6.07, 6.45) is 7.56. The normalized spacial score (nSPS) is 17.7. The molecule has 1 aliphatic carbocycles. The number of nitrogens with zero attached hydrogens (tertiary/aromatic N) is 1. The van der Waals surface area contributed by atoms with Crippen molar-refractivity contribution < 1.29 is 4.79 Å². The van der Waals surface area contributed by atoms with Crippen molar-refractivity contribution in [1.29, 1.82) is 0 Å². The Kier molecular flexibility index (Phi) is 3.14. The third kappa shape index (κ3) is 2.25. The molecular formula is C13H17NO. The van der Waals surface area contributed by atoms with Crippen molar-refractivity contribution >= 4 is 5.78 Å². The average Bonchev–Trinajstić information content (AvgIpc) is 2.30. The first-order valence-electron chi connectivity index (χ1n) is 5.75. The van der Waals surface area contributed by atoms with E-state index < -0.39 is 0 Å². The van der Waals surface area contributed by atoms with Gasteiger partial charge in [0.1, 0.15) is 0 Å². The first-order valence-corrected chi connectivity index (χ1v) is 5.75. The van der Waals surface area contributed by atoms with E-state index in [0.29, 0.717) is 5.78 Å². The molecule has 15 heavy (non-hydrogen) atoms. The van der Waals surface area contributed by atoms with E-state index in [0.717, 1.165) is 24.1 Å². The Morgan fingerprint density at radius 2 is 2.07 bits per heavy atom. The highest BCUT2D eigenvalue weighted by atomic mass is 16.1. The van der Waals surface area contributed by atoms with E-state index >= 15 is 0 Å². The third-order valence-corrected chi connectivity index (χ3v) is 3.25. The molecule has 0 spiro atoms. The Balaban J connectivity index is 2.16. The smallest absolute Gasteiger partial charge is 0.167 e. The van der Waals surface area contributed by atoms with Gasteiger partial charge < -0.3 is 0 Å². The molecule has 0 atom stereocenters. The van der Waals surface area contributed by atoms with E-state index in [1.54, 1.807) is 6.20 Å². The van der Waals surface area contributed by atoms with Gasteiger partial charge in [0, 0.05) is 23.4 Å². The van der Waals surface area contributed by atoms with Gasteiger partial charge in [0.25, 0.3) is 0 Å². The maximum absolute atomic E-state index is 12.2. The van der Waals surface area contributed by atoms with Crippen LogP contribution in [-0.4, -0.2) is 10.8 Å². The van der Waals surface area contributed by atoms with Crippen LogP contribution in [0, 0.1) is 12.8 Å². The number of carbonyl (C=O) groups excluding carboxylic acids is 1. The average molecular weight is 203 g/mol. The molecule has 0 N–H and O–H groups in total. The molecule has 0 aromatic carbocycles. The predicted octanol–water partition coefficient (Wildman–Crippen LogP) is 3.15. The molecule has 0 bridgehead atoms. The van der Waals surface area contributed by atoms with Gasteiger partial charge in [0.15, 0.2) is 5.78 Å². The van der Waals surface area contributed by atoms with Crippen molar-refractivity contribution in [1.82, 2.24) is 4.98 Å². The van der Waals surface area contributed by atoms with Crippen molar-refractivity contribution in [3.63, 3.8) is 0 Å². The summed E-state index contributed by atoms with van der Waals surface area (Å²) in [6.45, 7) is 1.91. The molecule has 1 aromatic rings. The lowest BCUT2D eigenvalue weighted by Gasteiger charge is -2.20. The zero-order chi connectivity index (χ0) is 10.7. The molecule has 2 rings (SSSR count). The molecule has 80 valence electrons. The van der Waals surface area contributed by atoms with Crippen LogP contribution in [0.5, 0.6) is 0 Å². The Morgan fingerprint density at radius 1 is 1.33 bits per heavy atom. The molecule has 0 saturated heterocycles.